The Hall–Kier alpha value is 0.107. The summed E-state index contributed by atoms with van der Waals surface area (Å²) >= 11 is 0. The average molecular weight is 80.1 g/mol. The topological polar surface area (TPSA) is 20.2 Å². The molecule has 0 fully saturated rings. The van der Waals surface area contributed by atoms with Gasteiger partial charge in [-0.15, -0.1) is 0 Å². The van der Waals surface area contributed by atoms with Gasteiger partial charge in [0.1, 0.15) is 0 Å². The van der Waals surface area contributed by atoms with Gasteiger partial charge >= 0.3 is 0 Å². The molecule has 0 radical (unpaired) electrons. The lowest BCUT2D eigenvalue weighted by Gasteiger charge is -1.64. The largest absolute Gasteiger partial charge is 0.397 e. The van der Waals surface area contributed by atoms with E-state index in [1.165, 1.54) is 0 Å². The minimum Gasteiger partial charge on any atom is -0.397 e. The minimum absolute atomic E-state index is 0.208. The lowest BCUT2D eigenvalue weighted by molar-refractivity contribution is 0.358. The monoisotopic (exact) mass is 80.0 g/mol. The third-order valence-electron chi connectivity index (χ3n) is 0.0845. The van der Waals surface area contributed by atoms with E-state index in [1.54, 1.807) is 0 Å². The van der Waals surface area contributed by atoms with Gasteiger partial charge in [0.2, 0.25) is 9.85 Å². The van der Waals surface area contributed by atoms with Crippen molar-refractivity contribution >= 4 is 9.85 Å². The van der Waals surface area contributed by atoms with Crippen LogP contribution in [0.2, 0.25) is 0 Å². The molecule has 1 nitrogen and oxygen atoms in total. The Balaban J connectivity index is 1.97. The molecule has 0 bridgehead atoms. The van der Waals surface area contributed by atoms with Crippen LogP contribution < -0.4 is 0 Å². The van der Waals surface area contributed by atoms with Crippen molar-refractivity contribution in [1.29, 1.82) is 0 Å². The fourth-order valence-corrected chi connectivity index (χ4v) is 0. The van der Waals surface area contributed by atoms with E-state index in [9.17, 15) is 4.11 Å². The van der Waals surface area contributed by atoms with E-state index in [2.05, 4.69) is 0 Å². The van der Waals surface area contributed by atoms with Gasteiger partial charge in [-0.3, -0.25) is 0 Å². The molecule has 0 aromatic rings. The Morgan fingerprint density at radius 3 is 2.25 bits per heavy atom. The first-order valence-corrected chi connectivity index (χ1v) is 2.62. The second kappa shape index (κ2) is 3.11. The summed E-state index contributed by atoms with van der Waals surface area (Å²) in [4.78, 5) is 0. The van der Waals surface area contributed by atoms with Crippen LogP contribution >= 0.6 is 0 Å². The molecule has 0 aromatic heterocycles. The van der Waals surface area contributed by atoms with Crippen molar-refractivity contribution in [2.24, 2.45) is 0 Å². The molecule has 0 aliphatic carbocycles. The quantitative estimate of drug-likeness (QED) is 0.316. The lowest BCUT2D eigenvalue weighted by atomic mass is 11.7. The number of hydrogen-bond donors (Lipinski definition) is 1. The standard InChI is InChI=1S/CH5FOSi/c2-4-1-3/h3H,1,4H2. The maximum atomic E-state index is 10.6. The first-order chi connectivity index (χ1) is 1.91. The number of halogens is 1. The molecule has 0 amide bonds. The summed E-state index contributed by atoms with van der Waals surface area (Å²) in [6.45, 7) is 0. The van der Waals surface area contributed by atoms with Gasteiger partial charge in [0.25, 0.3) is 0 Å². The van der Waals surface area contributed by atoms with E-state index < -0.39 is 9.85 Å². The van der Waals surface area contributed by atoms with Crippen LogP contribution in [-0.4, -0.2) is 21.2 Å². The Morgan fingerprint density at radius 2 is 2.25 bits per heavy atom. The predicted molar refractivity (Wildman–Crippen MR) is 16.7 cm³/mol. The molecule has 1 N–H and O–H groups in total. The summed E-state index contributed by atoms with van der Waals surface area (Å²) in [6.07, 6.45) is -0.208. The molecule has 26 valence electrons. The summed E-state index contributed by atoms with van der Waals surface area (Å²) in [5.41, 5.74) is 0. The summed E-state index contributed by atoms with van der Waals surface area (Å²) in [5, 5.41) is 7.56. The lowest BCUT2D eigenvalue weighted by Crippen LogP contribution is -1.84. The van der Waals surface area contributed by atoms with Crippen LogP contribution in [0, 0.1) is 0 Å². The van der Waals surface area contributed by atoms with Crippen molar-refractivity contribution in [3.8, 4) is 0 Å². The Kier molecular flexibility index (Phi) is 3.19. The van der Waals surface area contributed by atoms with Crippen LogP contribution in [0.25, 0.3) is 0 Å². The zero-order valence-corrected chi connectivity index (χ0v) is 3.65. The fraction of sp³-hybridized carbons (Fsp3) is 1.00. The molecule has 0 aliphatic rings. The maximum absolute atomic E-state index is 10.6. The van der Waals surface area contributed by atoms with E-state index in [0.29, 0.717) is 0 Å². The van der Waals surface area contributed by atoms with Gasteiger partial charge in [0.15, 0.2) is 0 Å². The molecule has 0 saturated carbocycles. The number of rotatable bonds is 1. The van der Waals surface area contributed by atoms with Gasteiger partial charge in [-0.1, -0.05) is 0 Å². The molecule has 0 unspecified atom stereocenters. The number of aliphatic hydroxyl groups is 1. The van der Waals surface area contributed by atoms with E-state index in [4.69, 9.17) is 5.11 Å². The Morgan fingerprint density at radius 1 is 2.00 bits per heavy atom. The van der Waals surface area contributed by atoms with Crippen LogP contribution in [0.4, 0.5) is 4.11 Å². The van der Waals surface area contributed by atoms with Crippen molar-refractivity contribution < 1.29 is 9.21 Å². The van der Waals surface area contributed by atoms with Gasteiger partial charge in [-0.25, -0.2) is 0 Å². The summed E-state index contributed by atoms with van der Waals surface area (Å²) in [6, 6.07) is 0. The average Bonchev–Trinajstić information content (AvgIpc) is 1.37. The van der Waals surface area contributed by atoms with Crippen LogP contribution in [0.5, 0.6) is 0 Å². The summed E-state index contributed by atoms with van der Waals surface area (Å²) < 4.78 is 10.6. The number of aliphatic hydroxyl groups excluding tert-OH is 1. The molecule has 3 heteroatoms. The SMILES string of the molecule is OC[SiH2]F. The predicted octanol–water partition coefficient (Wildman–Crippen LogP) is -1.01. The molecule has 0 atom stereocenters. The van der Waals surface area contributed by atoms with Gasteiger partial charge in [-0.05, 0) is 0 Å². The molecule has 0 aromatic carbocycles. The van der Waals surface area contributed by atoms with E-state index in [-0.39, 0.29) is 6.23 Å². The maximum Gasteiger partial charge on any atom is 0.241 e. The molecule has 4 heavy (non-hydrogen) atoms. The fourth-order valence-electron chi connectivity index (χ4n) is 0. The van der Waals surface area contributed by atoms with Crippen molar-refractivity contribution in [3.05, 3.63) is 0 Å². The summed E-state index contributed by atoms with van der Waals surface area (Å²) in [5.74, 6) is 0. The van der Waals surface area contributed by atoms with Crippen molar-refractivity contribution in [3.63, 3.8) is 0 Å². The Labute approximate surface area is 26.4 Å². The van der Waals surface area contributed by atoms with Crippen LogP contribution in [0.15, 0.2) is 0 Å². The van der Waals surface area contributed by atoms with Crippen LogP contribution in [-0.2, 0) is 0 Å². The zero-order chi connectivity index (χ0) is 3.41. The van der Waals surface area contributed by atoms with Gasteiger partial charge in [-0.2, -0.15) is 0 Å². The highest BCUT2D eigenvalue weighted by atomic mass is 28.3. The van der Waals surface area contributed by atoms with Gasteiger partial charge in [0.05, 0.1) is 6.23 Å². The summed E-state index contributed by atoms with van der Waals surface area (Å²) in [7, 11) is -1.52. The highest BCUT2D eigenvalue weighted by molar-refractivity contribution is 6.25. The van der Waals surface area contributed by atoms with Gasteiger partial charge < -0.3 is 9.21 Å². The molecule has 0 aliphatic heterocycles. The molecule has 0 rings (SSSR count). The third kappa shape index (κ3) is 2.11. The highest BCUT2D eigenvalue weighted by Crippen LogP contribution is 1.47. The Bertz CT molecular complexity index is 10.0. The van der Waals surface area contributed by atoms with E-state index in [0.717, 1.165) is 0 Å². The molecule has 0 spiro atoms. The van der Waals surface area contributed by atoms with Crippen LogP contribution in [0.1, 0.15) is 0 Å². The smallest absolute Gasteiger partial charge is 0.241 e. The first kappa shape index (κ1) is 4.11. The third-order valence-corrected chi connectivity index (χ3v) is 0.254. The van der Waals surface area contributed by atoms with E-state index in [1.807, 2.05) is 0 Å². The van der Waals surface area contributed by atoms with Crippen molar-refractivity contribution in [2.75, 3.05) is 6.23 Å². The minimum atomic E-state index is -1.52. The second-order valence-corrected chi connectivity index (χ2v) is 1.24. The normalized spacial score (nSPS) is 10.5. The zero-order valence-electron chi connectivity index (χ0n) is 2.24. The molecule has 0 saturated heterocycles. The molecular weight excluding hydrogens is 75.1 g/mol. The van der Waals surface area contributed by atoms with Crippen LogP contribution in [0.3, 0.4) is 0 Å². The van der Waals surface area contributed by atoms with Crippen molar-refractivity contribution in [1.82, 2.24) is 0 Å². The van der Waals surface area contributed by atoms with Gasteiger partial charge in [0, 0.05) is 0 Å². The number of hydrogen-bond acceptors (Lipinski definition) is 1. The second-order valence-electron chi connectivity index (χ2n) is 0.413. The van der Waals surface area contributed by atoms with E-state index >= 15 is 0 Å². The highest BCUT2D eigenvalue weighted by Gasteiger charge is 1.65. The molecule has 0 heterocycles. The molecular formula is CH5FOSi. The first-order valence-electron chi connectivity index (χ1n) is 1.08. The van der Waals surface area contributed by atoms with Crippen molar-refractivity contribution in [2.45, 2.75) is 0 Å².